The standard InChI is InChI=1S/C20H21NO5/c1-12-6-14-8-17(23-2)18(24-3)9-15(14)10-21(12)20(22)13-4-5-16-19(7-13)26-11-25-16/h4-5,7-9,12H,6,10-11H2,1-3H3. The molecule has 1 unspecified atom stereocenters. The molecule has 2 aliphatic heterocycles. The van der Waals surface area contributed by atoms with E-state index in [9.17, 15) is 4.79 Å². The zero-order valence-corrected chi connectivity index (χ0v) is 15.1. The van der Waals surface area contributed by atoms with Crippen LogP contribution in [0.25, 0.3) is 0 Å². The van der Waals surface area contributed by atoms with Gasteiger partial charge in [0.2, 0.25) is 6.79 Å². The summed E-state index contributed by atoms with van der Waals surface area (Å²) in [4.78, 5) is 15.0. The highest BCUT2D eigenvalue weighted by atomic mass is 16.7. The van der Waals surface area contributed by atoms with Crippen molar-refractivity contribution in [3.05, 3.63) is 47.0 Å². The molecule has 2 aromatic rings. The lowest BCUT2D eigenvalue weighted by Crippen LogP contribution is -2.42. The van der Waals surface area contributed by atoms with Crippen LogP contribution in [0.3, 0.4) is 0 Å². The van der Waals surface area contributed by atoms with Gasteiger partial charge in [0.25, 0.3) is 5.91 Å². The van der Waals surface area contributed by atoms with E-state index in [1.165, 1.54) is 5.56 Å². The van der Waals surface area contributed by atoms with Gasteiger partial charge in [-0.3, -0.25) is 4.79 Å². The van der Waals surface area contributed by atoms with Crippen LogP contribution < -0.4 is 18.9 Å². The number of benzene rings is 2. The van der Waals surface area contributed by atoms with Crippen molar-refractivity contribution in [3.8, 4) is 23.0 Å². The molecule has 26 heavy (non-hydrogen) atoms. The Hall–Kier alpha value is -2.89. The molecular formula is C20H21NO5. The van der Waals surface area contributed by atoms with Gasteiger partial charge in [-0.1, -0.05) is 0 Å². The predicted molar refractivity (Wildman–Crippen MR) is 95.2 cm³/mol. The molecule has 0 saturated heterocycles. The number of carbonyl (C=O) groups excluding carboxylic acids is 1. The lowest BCUT2D eigenvalue weighted by atomic mass is 9.93. The molecule has 1 atom stereocenters. The van der Waals surface area contributed by atoms with Gasteiger partial charge in [-0.05, 0) is 54.8 Å². The van der Waals surface area contributed by atoms with Crippen LogP contribution in [0, 0.1) is 0 Å². The first kappa shape index (κ1) is 16.6. The van der Waals surface area contributed by atoms with E-state index in [4.69, 9.17) is 18.9 Å². The highest BCUT2D eigenvalue weighted by molar-refractivity contribution is 5.95. The van der Waals surface area contributed by atoms with E-state index in [0.717, 1.165) is 12.0 Å². The zero-order valence-electron chi connectivity index (χ0n) is 15.1. The third kappa shape index (κ3) is 2.71. The first-order valence-electron chi connectivity index (χ1n) is 8.55. The van der Waals surface area contributed by atoms with E-state index in [1.54, 1.807) is 32.4 Å². The number of hydrogen-bond acceptors (Lipinski definition) is 5. The van der Waals surface area contributed by atoms with Gasteiger partial charge >= 0.3 is 0 Å². The van der Waals surface area contributed by atoms with Crippen LogP contribution >= 0.6 is 0 Å². The highest BCUT2D eigenvalue weighted by Gasteiger charge is 2.29. The Morgan fingerprint density at radius 1 is 1.04 bits per heavy atom. The second-order valence-corrected chi connectivity index (χ2v) is 6.53. The van der Waals surface area contributed by atoms with Crippen LogP contribution in [-0.4, -0.2) is 37.9 Å². The molecule has 0 N–H and O–H groups in total. The van der Waals surface area contributed by atoms with Crippen molar-refractivity contribution in [3.63, 3.8) is 0 Å². The summed E-state index contributed by atoms with van der Waals surface area (Å²) in [6, 6.07) is 9.37. The Labute approximate surface area is 152 Å². The summed E-state index contributed by atoms with van der Waals surface area (Å²) in [5.74, 6) is 2.67. The topological polar surface area (TPSA) is 57.2 Å². The zero-order chi connectivity index (χ0) is 18.3. The van der Waals surface area contributed by atoms with Gasteiger partial charge in [0.1, 0.15) is 0 Å². The number of amides is 1. The van der Waals surface area contributed by atoms with Crippen LogP contribution in [-0.2, 0) is 13.0 Å². The minimum Gasteiger partial charge on any atom is -0.493 e. The third-order valence-corrected chi connectivity index (χ3v) is 4.97. The van der Waals surface area contributed by atoms with E-state index in [2.05, 4.69) is 6.92 Å². The maximum absolute atomic E-state index is 13.1. The predicted octanol–water partition coefficient (Wildman–Crippen LogP) is 3.02. The van der Waals surface area contributed by atoms with Gasteiger partial charge in [0.05, 0.1) is 14.2 Å². The summed E-state index contributed by atoms with van der Waals surface area (Å²) < 4.78 is 21.5. The third-order valence-electron chi connectivity index (χ3n) is 4.97. The van der Waals surface area contributed by atoms with Crippen LogP contribution in [0.2, 0.25) is 0 Å². The minimum absolute atomic E-state index is 0.0174. The smallest absolute Gasteiger partial charge is 0.254 e. The van der Waals surface area contributed by atoms with Crippen LogP contribution in [0.5, 0.6) is 23.0 Å². The number of ether oxygens (including phenoxy) is 4. The molecule has 6 heteroatoms. The number of fused-ring (bicyclic) bond motifs is 2. The fourth-order valence-corrected chi connectivity index (χ4v) is 3.54. The molecule has 2 aromatic carbocycles. The Morgan fingerprint density at radius 2 is 1.73 bits per heavy atom. The van der Waals surface area contributed by atoms with E-state index < -0.39 is 0 Å². The summed E-state index contributed by atoms with van der Waals surface area (Å²) in [6.07, 6.45) is 0.770. The lowest BCUT2D eigenvalue weighted by molar-refractivity contribution is 0.0657. The quantitative estimate of drug-likeness (QED) is 0.847. The average molecular weight is 355 g/mol. The van der Waals surface area contributed by atoms with Crippen LogP contribution in [0.1, 0.15) is 28.4 Å². The Balaban J connectivity index is 1.63. The minimum atomic E-state index is -0.0174. The van der Waals surface area contributed by atoms with Crippen molar-refractivity contribution in [2.24, 2.45) is 0 Å². The summed E-state index contributed by atoms with van der Waals surface area (Å²) in [5.41, 5.74) is 2.87. The molecule has 6 nitrogen and oxygen atoms in total. The highest BCUT2D eigenvalue weighted by Crippen LogP contribution is 2.36. The molecule has 0 saturated carbocycles. The Kier molecular flexibility index (Phi) is 4.11. The molecule has 1 amide bonds. The van der Waals surface area contributed by atoms with E-state index in [-0.39, 0.29) is 18.7 Å². The molecule has 136 valence electrons. The fraction of sp³-hybridized carbons (Fsp3) is 0.350. The van der Waals surface area contributed by atoms with E-state index >= 15 is 0 Å². The summed E-state index contributed by atoms with van der Waals surface area (Å²) >= 11 is 0. The van der Waals surface area contributed by atoms with E-state index in [1.807, 2.05) is 17.0 Å². The van der Waals surface area contributed by atoms with Gasteiger partial charge in [0, 0.05) is 18.2 Å². The second kappa shape index (κ2) is 6.44. The molecule has 2 heterocycles. The van der Waals surface area contributed by atoms with Crippen molar-refractivity contribution in [2.45, 2.75) is 25.9 Å². The second-order valence-electron chi connectivity index (χ2n) is 6.53. The fourth-order valence-electron chi connectivity index (χ4n) is 3.54. The summed E-state index contributed by atoms with van der Waals surface area (Å²) in [6.45, 7) is 2.79. The summed E-state index contributed by atoms with van der Waals surface area (Å²) in [7, 11) is 3.25. The number of methoxy groups -OCH3 is 2. The molecule has 0 aromatic heterocycles. The molecule has 0 spiro atoms. The first-order chi connectivity index (χ1) is 12.6. The first-order valence-corrected chi connectivity index (χ1v) is 8.55. The van der Waals surface area contributed by atoms with Gasteiger partial charge in [0.15, 0.2) is 23.0 Å². The van der Waals surface area contributed by atoms with Crippen molar-refractivity contribution < 1.29 is 23.7 Å². The normalized spacial score (nSPS) is 17.7. The maximum atomic E-state index is 13.1. The van der Waals surface area contributed by atoms with Crippen molar-refractivity contribution in [2.75, 3.05) is 21.0 Å². The van der Waals surface area contributed by atoms with Crippen molar-refractivity contribution in [1.29, 1.82) is 0 Å². The van der Waals surface area contributed by atoms with Crippen LogP contribution in [0.4, 0.5) is 0 Å². The number of carbonyl (C=O) groups is 1. The average Bonchev–Trinajstić information content (AvgIpc) is 3.13. The molecule has 0 fully saturated rings. The van der Waals surface area contributed by atoms with Crippen molar-refractivity contribution in [1.82, 2.24) is 4.90 Å². The number of hydrogen-bond donors (Lipinski definition) is 0. The Morgan fingerprint density at radius 3 is 2.46 bits per heavy atom. The lowest BCUT2D eigenvalue weighted by Gasteiger charge is -2.35. The Bertz CT molecular complexity index is 864. The molecule has 0 bridgehead atoms. The molecule has 2 aliphatic rings. The van der Waals surface area contributed by atoms with Gasteiger partial charge < -0.3 is 23.8 Å². The summed E-state index contributed by atoms with van der Waals surface area (Å²) in [5, 5.41) is 0. The number of rotatable bonds is 3. The van der Waals surface area contributed by atoms with Gasteiger partial charge in [-0.15, -0.1) is 0 Å². The van der Waals surface area contributed by atoms with Gasteiger partial charge in [-0.2, -0.15) is 0 Å². The van der Waals surface area contributed by atoms with Crippen LogP contribution in [0.15, 0.2) is 30.3 Å². The molecular weight excluding hydrogens is 334 g/mol. The molecule has 0 radical (unpaired) electrons. The van der Waals surface area contributed by atoms with Gasteiger partial charge in [-0.25, -0.2) is 0 Å². The molecule has 0 aliphatic carbocycles. The monoisotopic (exact) mass is 355 g/mol. The largest absolute Gasteiger partial charge is 0.493 e. The SMILES string of the molecule is COc1cc2c(cc1OC)CN(C(=O)c1ccc3c(c1)OCO3)C(C)C2. The number of nitrogens with zero attached hydrogens (tertiary/aromatic N) is 1. The van der Waals surface area contributed by atoms with Crippen molar-refractivity contribution >= 4 is 5.91 Å². The molecule has 4 rings (SSSR count). The van der Waals surface area contributed by atoms with E-state index in [0.29, 0.717) is 35.1 Å². The maximum Gasteiger partial charge on any atom is 0.254 e.